The lowest BCUT2D eigenvalue weighted by atomic mass is 10.0. The van der Waals surface area contributed by atoms with Gasteiger partial charge in [-0.3, -0.25) is 4.79 Å². The van der Waals surface area contributed by atoms with E-state index in [1.807, 2.05) is 19.9 Å². The van der Waals surface area contributed by atoms with Crippen molar-refractivity contribution in [1.29, 1.82) is 0 Å². The van der Waals surface area contributed by atoms with Gasteiger partial charge in [-0.25, -0.2) is 4.68 Å². The lowest BCUT2D eigenvalue weighted by molar-refractivity contribution is -0.174. The van der Waals surface area contributed by atoms with Crippen LogP contribution in [0.5, 0.6) is 0 Å². The quantitative estimate of drug-likeness (QED) is 0.644. The fourth-order valence-electron chi connectivity index (χ4n) is 3.48. The third kappa shape index (κ3) is 3.48. The number of hydrogen-bond acceptors (Lipinski definition) is 4. The number of furan rings is 1. The predicted octanol–water partition coefficient (Wildman–Crippen LogP) is 5.01. The number of nitrogens with zero attached hydrogens (tertiary/aromatic N) is 2. The molecule has 4 rings (SSSR count). The van der Waals surface area contributed by atoms with Crippen LogP contribution < -0.4 is 10.6 Å². The second kappa shape index (κ2) is 6.98. The van der Waals surface area contributed by atoms with Gasteiger partial charge < -0.3 is 15.1 Å². The van der Waals surface area contributed by atoms with Crippen molar-refractivity contribution >= 4 is 17.4 Å². The molecule has 0 bridgehead atoms. The minimum Gasteiger partial charge on any atom is -0.467 e. The largest absolute Gasteiger partial charge is 0.467 e. The van der Waals surface area contributed by atoms with Crippen LogP contribution in [0.15, 0.2) is 47.2 Å². The Morgan fingerprint density at radius 1 is 1.28 bits per heavy atom. The Morgan fingerprint density at radius 2 is 2.07 bits per heavy atom. The van der Waals surface area contributed by atoms with Crippen molar-refractivity contribution in [3.05, 3.63) is 65.2 Å². The Bertz CT molecular complexity index is 1040. The Kier molecular flexibility index (Phi) is 4.60. The summed E-state index contributed by atoms with van der Waals surface area (Å²) in [5.74, 6) is -0.149. The second-order valence-corrected chi connectivity index (χ2v) is 7.06. The molecule has 3 aromatic rings. The van der Waals surface area contributed by atoms with Gasteiger partial charge in [0.2, 0.25) is 0 Å². The van der Waals surface area contributed by atoms with Crippen LogP contribution in [0.1, 0.15) is 45.7 Å². The SMILES string of the molecule is Cc1cccc(NC(=O)c2cnn3c2N[C@H](c2ccco2)C[C@@H]3C(F)(F)F)c1C. The predicted molar refractivity (Wildman–Crippen MR) is 101 cm³/mol. The smallest absolute Gasteiger partial charge is 0.410 e. The number of amides is 1. The molecule has 2 atom stereocenters. The van der Waals surface area contributed by atoms with Gasteiger partial charge in [0, 0.05) is 12.1 Å². The lowest BCUT2D eigenvalue weighted by Crippen LogP contribution is -2.36. The summed E-state index contributed by atoms with van der Waals surface area (Å²) in [7, 11) is 0. The summed E-state index contributed by atoms with van der Waals surface area (Å²) in [5, 5.41) is 9.62. The maximum Gasteiger partial charge on any atom is 0.410 e. The molecule has 0 fully saturated rings. The molecule has 152 valence electrons. The summed E-state index contributed by atoms with van der Waals surface area (Å²) < 4.78 is 47.1. The first-order valence-electron chi connectivity index (χ1n) is 9.07. The van der Waals surface area contributed by atoms with Crippen LogP contribution in [0.2, 0.25) is 0 Å². The zero-order valence-electron chi connectivity index (χ0n) is 15.7. The lowest BCUT2D eigenvalue weighted by Gasteiger charge is -2.32. The van der Waals surface area contributed by atoms with Gasteiger partial charge in [-0.1, -0.05) is 12.1 Å². The van der Waals surface area contributed by atoms with E-state index in [0.717, 1.165) is 22.0 Å². The highest BCUT2D eigenvalue weighted by atomic mass is 19.4. The van der Waals surface area contributed by atoms with Gasteiger partial charge in [0.15, 0.2) is 6.04 Å². The number of anilines is 2. The number of carbonyl (C=O) groups is 1. The van der Waals surface area contributed by atoms with Crippen molar-refractivity contribution in [3.8, 4) is 0 Å². The number of halogens is 3. The molecule has 3 heterocycles. The van der Waals surface area contributed by atoms with E-state index in [2.05, 4.69) is 15.7 Å². The summed E-state index contributed by atoms with van der Waals surface area (Å²) in [6, 6.07) is 6.08. The molecule has 0 unspecified atom stereocenters. The highest BCUT2D eigenvalue weighted by molar-refractivity contribution is 6.08. The molecule has 2 N–H and O–H groups in total. The van der Waals surface area contributed by atoms with Gasteiger partial charge in [0.1, 0.15) is 17.1 Å². The summed E-state index contributed by atoms with van der Waals surface area (Å²) >= 11 is 0. The number of nitrogens with one attached hydrogen (secondary N) is 2. The number of fused-ring (bicyclic) bond motifs is 1. The van der Waals surface area contributed by atoms with Gasteiger partial charge in [0.25, 0.3) is 5.91 Å². The van der Waals surface area contributed by atoms with E-state index in [1.54, 1.807) is 24.3 Å². The molecule has 0 radical (unpaired) electrons. The molecule has 1 aliphatic rings. The minimum atomic E-state index is -4.52. The molecule has 0 saturated carbocycles. The van der Waals surface area contributed by atoms with E-state index in [4.69, 9.17) is 4.42 Å². The van der Waals surface area contributed by atoms with Crippen LogP contribution in [-0.2, 0) is 0 Å². The standard InChI is InChI=1S/C20H19F3N4O2/c1-11-5-3-6-14(12(11)2)26-19(28)13-10-24-27-17(20(21,22)23)9-15(25-18(13)27)16-7-4-8-29-16/h3-8,10,15,17,25H,9H2,1-2H3,(H,26,28)/t15-,17+/m0/s1. The summed E-state index contributed by atoms with van der Waals surface area (Å²) in [6.45, 7) is 3.78. The minimum absolute atomic E-state index is 0.0165. The Morgan fingerprint density at radius 3 is 2.76 bits per heavy atom. The zero-order chi connectivity index (χ0) is 20.8. The van der Waals surface area contributed by atoms with E-state index < -0.39 is 24.2 Å². The molecule has 1 amide bonds. The van der Waals surface area contributed by atoms with Gasteiger partial charge >= 0.3 is 6.18 Å². The average Bonchev–Trinajstić information content (AvgIpc) is 3.33. The van der Waals surface area contributed by atoms with Crippen molar-refractivity contribution < 1.29 is 22.4 Å². The zero-order valence-corrected chi connectivity index (χ0v) is 15.7. The maximum absolute atomic E-state index is 13.7. The highest BCUT2D eigenvalue weighted by Gasteiger charge is 2.47. The number of hydrogen-bond donors (Lipinski definition) is 2. The first-order valence-corrected chi connectivity index (χ1v) is 9.07. The summed E-state index contributed by atoms with van der Waals surface area (Å²) in [4.78, 5) is 12.9. The van der Waals surface area contributed by atoms with Crippen LogP contribution in [0.25, 0.3) is 0 Å². The number of alkyl halides is 3. The molecule has 0 spiro atoms. The second-order valence-electron chi connectivity index (χ2n) is 7.06. The molecule has 6 nitrogen and oxygen atoms in total. The number of rotatable bonds is 3. The summed E-state index contributed by atoms with van der Waals surface area (Å²) in [6.07, 6.45) is -2.25. The van der Waals surface area contributed by atoms with E-state index in [-0.39, 0.29) is 17.8 Å². The number of aromatic nitrogens is 2. The van der Waals surface area contributed by atoms with Crippen LogP contribution in [0.4, 0.5) is 24.7 Å². The first-order chi connectivity index (χ1) is 13.8. The van der Waals surface area contributed by atoms with Crippen molar-refractivity contribution in [1.82, 2.24) is 9.78 Å². The van der Waals surface area contributed by atoms with E-state index in [9.17, 15) is 18.0 Å². The van der Waals surface area contributed by atoms with Crippen molar-refractivity contribution in [2.45, 2.75) is 38.5 Å². The number of carbonyl (C=O) groups excluding carboxylic acids is 1. The van der Waals surface area contributed by atoms with Crippen molar-refractivity contribution in [2.75, 3.05) is 10.6 Å². The summed E-state index contributed by atoms with van der Waals surface area (Å²) in [5.41, 5.74) is 2.52. The average molecular weight is 404 g/mol. The van der Waals surface area contributed by atoms with Crippen LogP contribution in [0.3, 0.4) is 0 Å². The number of aryl methyl sites for hydroxylation is 1. The van der Waals surface area contributed by atoms with Crippen molar-refractivity contribution in [3.63, 3.8) is 0 Å². The van der Waals surface area contributed by atoms with Gasteiger partial charge in [0.05, 0.1) is 18.5 Å². The Balaban J connectivity index is 1.70. The monoisotopic (exact) mass is 404 g/mol. The van der Waals surface area contributed by atoms with Crippen LogP contribution >= 0.6 is 0 Å². The van der Waals surface area contributed by atoms with Crippen LogP contribution in [0, 0.1) is 13.8 Å². The Hall–Kier alpha value is -3.23. The van der Waals surface area contributed by atoms with Crippen molar-refractivity contribution in [2.24, 2.45) is 0 Å². The fourth-order valence-corrected chi connectivity index (χ4v) is 3.48. The maximum atomic E-state index is 13.7. The normalized spacial score (nSPS) is 18.8. The fraction of sp³-hybridized carbons (Fsp3) is 0.300. The third-order valence-electron chi connectivity index (χ3n) is 5.22. The molecule has 9 heteroatoms. The van der Waals surface area contributed by atoms with Gasteiger partial charge in [-0.2, -0.15) is 18.3 Å². The van der Waals surface area contributed by atoms with E-state index in [0.29, 0.717) is 11.4 Å². The molecule has 29 heavy (non-hydrogen) atoms. The highest BCUT2D eigenvalue weighted by Crippen LogP contribution is 2.44. The molecule has 2 aromatic heterocycles. The van der Waals surface area contributed by atoms with E-state index >= 15 is 0 Å². The number of benzene rings is 1. The molecule has 1 aliphatic heterocycles. The topological polar surface area (TPSA) is 72.1 Å². The molecular weight excluding hydrogens is 385 g/mol. The van der Waals surface area contributed by atoms with Gasteiger partial charge in [-0.15, -0.1) is 0 Å². The molecular formula is C20H19F3N4O2. The van der Waals surface area contributed by atoms with Gasteiger partial charge in [-0.05, 0) is 43.2 Å². The molecule has 1 aromatic carbocycles. The Labute approximate surface area is 164 Å². The molecule has 0 aliphatic carbocycles. The van der Waals surface area contributed by atoms with E-state index in [1.165, 1.54) is 6.26 Å². The third-order valence-corrected chi connectivity index (χ3v) is 5.22. The molecule has 0 saturated heterocycles. The first kappa shape index (κ1) is 19.1. The van der Waals surface area contributed by atoms with Crippen LogP contribution in [-0.4, -0.2) is 21.9 Å².